The summed E-state index contributed by atoms with van der Waals surface area (Å²) >= 11 is 4.86. The molecule has 0 aliphatic rings. The zero-order chi connectivity index (χ0) is 12.1. The zero-order valence-corrected chi connectivity index (χ0v) is 11.3. The fraction of sp³-hybridized carbons (Fsp3) is 0.0833. The summed E-state index contributed by atoms with van der Waals surface area (Å²) in [7, 11) is 0. The molecule has 0 aliphatic carbocycles. The Kier molecular flexibility index (Phi) is 4.17. The molecule has 0 saturated carbocycles. The van der Waals surface area contributed by atoms with Crippen molar-refractivity contribution >= 4 is 38.3 Å². The highest BCUT2D eigenvalue weighted by atomic mass is 79.9. The van der Waals surface area contributed by atoms with Gasteiger partial charge in [0.2, 0.25) is 0 Å². The summed E-state index contributed by atoms with van der Waals surface area (Å²) in [5.74, 6) is 0. The minimum Gasteiger partial charge on any atom is -0.334 e. The van der Waals surface area contributed by atoms with Gasteiger partial charge in [-0.15, -0.1) is 11.3 Å². The molecule has 2 rings (SSSR count). The number of benzene rings is 1. The second kappa shape index (κ2) is 5.84. The van der Waals surface area contributed by atoms with E-state index in [0.717, 1.165) is 15.0 Å². The fourth-order valence-corrected chi connectivity index (χ4v) is 2.17. The summed E-state index contributed by atoms with van der Waals surface area (Å²) in [6, 6.07) is 11.4. The van der Waals surface area contributed by atoms with Gasteiger partial charge in [0.05, 0.1) is 5.00 Å². The summed E-state index contributed by atoms with van der Waals surface area (Å²) in [6.45, 7) is 0.518. The van der Waals surface area contributed by atoms with Crippen molar-refractivity contribution in [2.45, 2.75) is 6.54 Å². The first kappa shape index (κ1) is 12.1. The number of amides is 2. The number of halogens is 1. The molecule has 3 nitrogen and oxygen atoms in total. The Morgan fingerprint density at radius 2 is 2.00 bits per heavy atom. The highest BCUT2D eigenvalue weighted by molar-refractivity contribution is 9.10. The van der Waals surface area contributed by atoms with E-state index in [4.69, 9.17) is 0 Å². The van der Waals surface area contributed by atoms with Crippen molar-refractivity contribution < 1.29 is 4.79 Å². The molecule has 1 heterocycles. The number of carbonyl (C=O) groups is 1. The number of anilines is 1. The molecule has 0 aliphatic heterocycles. The molecule has 0 fully saturated rings. The van der Waals surface area contributed by atoms with E-state index in [1.54, 1.807) is 0 Å². The van der Waals surface area contributed by atoms with Crippen LogP contribution in [0.2, 0.25) is 0 Å². The Labute approximate surface area is 112 Å². The third-order valence-electron chi connectivity index (χ3n) is 2.12. The first-order valence-electron chi connectivity index (χ1n) is 5.07. The largest absolute Gasteiger partial charge is 0.334 e. The minimum atomic E-state index is -0.185. The highest BCUT2D eigenvalue weighted by Crippen LogP contribution is 2.14. The Morgan fingerprint density at radius 3 is 2.65 bits per heavy atom. The van der Waals surface area contributed by atoms with Crippen molar-refractivity contribution in [3.8, 4) is 0 Å². The predicted molar refractivity (Wildman–Crippen MR) is 74.3 cm³/mol. The molecule has 0 saturated heterocycles. The summed E-state index contributed by atoms with van der Waals surface area (Å²) in [5.41, 5.74) is 1.06. The molecule has 17 heavy (non-hydrogen) atoms. The quantitative estimate of drug-likeness (QED) is 0.888. The molecular weight excluding hydrogens is 300 g/mol. The van der Waals surface area contributed by atoms with Crippen molar-refractivity contribution in [2.24, 2.45) is 0 Å². The summed E-state index contributed by atoms with van der Waals surface area (Å²) in [6.07, 6.45) is 0. The molecule has 1 aromatic carbocycles. The number of hydrogen-bond acceptors (Lipinski definition) is 2. The maximum absolute atomic E-state index is 11.5. The van der Waals surface area contributed by atoms with E-state index in [2.05, 4.69) is 26.6 Å². The number of urea groups is 1. The van der Waals surface area contributed by atoms with Gasteiger partial charge in [0.25, 0.3) is 0 Å². The van der Waals surface area contributed by atoms with Crippen LogP contribution in [0.1, 0.15) is 5.56 Å². The Balaban J connectivity index is 1.82. The first-order chi connectivity index (χ1) is 8.24. The van der Waals surface area contributed by atoms with Crippen LogP contribution in [-0.4, -0.2) is 6.03 Å². The van der Waals surface area contributed by atoms with Crippen molar-refractivity contribution in [3.63, 3.8) is 0 Å². The van der Waals surface area contributed by atoms with Crippen LogP contribution in [0.3, 0.4) is 0 Å². The average molecular weight is 311 g/mol. The van der Waals surface area contributed by atoms with E-state index < -0.39 is 0 Å². The molecule has 2 aromatic rings. The van der Waals surface area contributed by atoms with Gasteiger partial charge in [-0.3, -0.25) is 5.32 Å². The van der Waals surface area contributed by atoms with Gasteiger partial charge in [0, 0.05) is 11.0 Å². The second-order valence-corrected chi connectivity index (χ2v) is 5.27. The van der Waals surface area contributed by atoms with Gasteiger partial charge in [-0.05, 0) is 35.2 Å². The van der Waals surface area contributed by atoms with E-state index in [9.17, 15) is 4.79 Å². The molecule has 0 radical (unpaired) electrons. The van der Waals surface area contributed by atoms with Crippen molar-refractivity contribution in [1.29, 1.82) is 0 Å². The summed E-state index contributed by atoms with van der Waals surface area (Å²) < 4.78 is 1.03. The Hall–Kier alpha value is -1.33. The SMILES string of the molecule is O=C(NCc1ccc(Br)cc1)Nc1cccs1. The van der Waals surface area contributed by atoms with E-state index in [-0.39, 0.29) is 6.03 Å². The van der Waals surface area contributed by atoms with Crippen LogP contribution < -0.4 is 10.6 Å². The molecule has 0 unspecified atom stereocenters. The highest BCUT2D eigenvalue weighted by Gasteiger charge is 2.01. The van der Waals surface area contributed by atoms with Gasteiger partial charge in [0.1, 0.15) is 0 Å². The first-order valence-corrected chi connectivity index (χ1v) is 6.74. The maximum atomic E-state index is 11.5. The molecular formula is C12H11BrN2OS. The molecule has 2 N–H and O–H groups in total. The van der Waals surface area contributed by atoms with Gasteiger partial charge < -0.3 is 5.32 Å². The van der Waals surface area contributed by atoms with Gasteiger partial charge >= 0.3 is 6.03 Å². The van der Waals surface area contributed by atoms with E-state index >= 15 is 0 Å². The lowest BCUT2D eigenvalue weighted by molar-refractivity contribution is 0.252. The second-order valence-electron chi connectivity index (χ2n) is 3.41. The summed E-state index contributed by atoms with van der Waals surface area (Å²) in [4.78, 5) is 11.5. The molecule has 0 spiro atoms. The van der Waals surface area contributed by atoms with E-state index in [0.29, 0.717) is 6.54 Å². The number of carbonyl (C=O) groups excluding carboxylic acids is 1. The lowest BCUT2D eigenvalue weighted by atomic mass is 10.2. The molecule has 0 bridgehead atoms. The fourth-order valence-electron chi connectivity index (χ4n) is 1.29. The van der Waals surface area contributed by atoms with E-state index in [1.807, 2.05) is 41.8 Å². The lowest BCUT2D eigenvalue weighted by Crippen LogP contribution is -2.27. The van der Waals surface area contributed by atoms with Crippen molar-refractivity contribution in [1.82, 2.24) is 5.32 Å². The number of rotatable bonds is 3. The smallest absolute Gasteiger partial charge is 0.320 e. The normalized spacial score (nSPS) is 9.94. The molecule has 1 aromatic heterocycles. The van der Waals surface area contributed by atoms with Crippen molar-refractivity contribution in [3.05, 3.63) is 51.8 Å². The third kappa shape index (κ3) is 3.87. The zero-order valence-electron chi connectivity index (χ0n) is 8.94. The summed E-state index contributed by atoms with van der Waals surface area (Å²) in [5, 5.41) is 8.33. The average Bonchev–Trinajstić information content (AvgIpc) is 2.81. The maximum Gasteiger partial charge on any atom is 0.320 e. The van der Waals surface area contributed by atoms with Crippen LogP contribution in [0.4, 0.5) is 9.80 Å². The van der Waals surface area contributed by atoms with E-state index in [1.165, 1.54) is 11.3 Å². The molecule has 2 amide bonds. The minimum absolute atomic E-state index is 0.185. The molecule has 0 atom stereocenters. The third-order valence-corrected chi connectivity index (χ3v) is 3.44. The monoisotopic (exact) mass is 310 g/mol. The van der Waals surface area contributed by atoms with Crippen molar-refractivity contribution in [2.75, 3.05) is 5.32 Å². The number of hydrogen-bond donors (Lipinski definition) is 2. The van der Waals surface area contributed by atoms with Crippen LogP contribution >= 0.6 is 27.3 Å². The molecule has 88 valence electrons. The predicted octanol–water partition coefficient (Wildman–Crippen LogP) is 3.83. The number of thiophene rings is 1. The van der Waals surface area contributed by atoms with Crippen LogP contribution in [0, 0.1) is 0 Å². The Bertz CT molecular complexity index is 482. The van der Waals surface area contributed by atoms with Crippen LogP contribution in [0.25, 0.3) is 0 Å². The van der Waals surface area contributed by atoms with Crippen LogP contribution in [0.5, 0.6) is 0 Å². The topological polar surface area (TPSA) is 41.1 Å². The number of nitrogens with one attached hydrogen (secondary N) is 2. The standard InChI is InChI=1S/C12H11BrN2OS/c13-10-5-3-9(4-6-10)8-14-12(16)15-11-2-1-7-17-11/h1-7H,8H2,(H2,14,15,16). The van der Waals surface area contributed by atoms with Crippen LogP contribution in [-0.2, 0) is 6.54 Å². The Morgan fingerprint density at radius 1 is 1.24 bits per heavy atom. The van der Waals surface area contributed by atoms with Crippen LogP contribution in [0.15, 0.2) is 46.3 Å². The molecule has 5 heteroatoms. The van der Waals surface area contributed by atoms with Gasteiger partial charge in [-0.1, -0.05) is 28.1 Å². The van der Waals surface area contributed by atoms with Gasteiger partial charge in [-0.25, -0.2) is 4.79 Å². The van der Waals surface area contributed by atoms with Gasteiger partial charge in [0.15, 0.2) is 0 Å². The lowest BCUT2D eigenvalue weighted by Gasteiger charge is -2.06. The van der Waals surface area contributed by atoms with Gasteiger partial charge in [-0.2, -0.15) is 0 Å².